The van der Waals surface area contributed by atoms with Crippen molar-refractivity contribution in [3.8, 4) is 0 Å². The summed E-state index contributed by atoms with van der Waals surface area (Å²) in [4.78, 5) is 12.7. The van der Waals surface area contributed by atoms with E-state index in [-0.39, 0.29) is 5.91 Å². The Labute approximate surface area is 111 Å². The van der Waals surface area contributed by atoms with E-state index < -0.39 is 0 Å². The van der Waals surface area contributed by atoms with Gasteiger partial charge in [-0.1, -0.05) is 38.3 Å². The van der Waals surface area contributed by atoms with Crippen LogP contribution in [0, 0.1) is 11.8 Å². The minimum absolute atomic E-state index is 0.0212. The van der Waals surface area contributed by atoms with E-state index in [1.807, 2.05) is 0 Å². The smallest absolute Gasteiger partial charge is 0.261 e. The number of amides is 1. The number of nitrogens with one attached hydrogen (secondary N) is 1. The maximum Gasteiger partial charge on any atom is 0.261 e. The number of carbonyl (C=O) groups excluding carboxylic acids is 1. The predicted octanol–water partition coefficient (Wildman–Crippen LogP) is 3.96. The lowest BCUT2D eigenvalue weighted by atomic mass is 9.78. The topological polar surface area (TPSA) is 29.1 Å². The Morgan fingerprint density at radius 3 is 2.82 bits per heavy atom. The molecule has 0 saturated heterocycles. The second-order valence-corrected chi connectivity index (χ2v) is 6.67. The van der Waals surface area contributed by atoms with Gasteiger partial charge in [0.05, 0.1) is 9.21 Å². The Hall–Kier alpha value is -0.540. The molecule has 1 saturated carbocycles. The van der Waals surface area contributed by atoms with Gasteiger partial charge in [0.15, 0.2) is 0 Å². The van der Waals surface area contributed by atoms with Crippen LogP contribution in [0.2, 0.25) is 4.34 Å². The molecule has 1 fully saturated rings. The van der Waals surface area contributed by atoms with Gasteiger partial charge in [0, 0.05) is 6.04 Å². The highest BCUT2D eigenvalue weighted by molar-refractivity contribution is 7.17. The third kappa shape index (κ3) is 3.02. The molecule has 1 aromatic rings. The molecule has 1 aliphatic rings. The van der Waals surface area contributed by atoms with Crippen molar-refractivity contribution in [3.63, 3.8) is 0 Å². The first-order chi connectivity index (χ1) is 8.08. The number of hydrogen-bond donors (Lipinski definition) is 1. The van der Waals surface area contributed by atoms with Crippen LogP contribution >= 0.6 is 22.9 Å². The standard InChI is InChI=1S/C13H18ClNOS/c1-8-4-3-5-10(9(8)2)15-13(16)11-6-7-12(14)17-11/h6-10H,3-5H2,1-2H3,(H,15,16). The zero-order valence-corrected chi connectivity index (χ0v) is 11.8. The third-order valence-corrected chi connectivity index (χ3v) is 5.05. The van der Waals surface area contributed by atoms with Gasteiger partial charge in [0.1, 0.15) is 0 Å². The molecule has 1 aliphatic carbocycles. The van der Waals surface area contributed by atoms with Crippen LogP contribution in [0.3, 0.4) is 0 Å². The van der Waals surface area contributed by atoms with Gasteiger partial charge >= 0.3 is 0 Å². The van der Waals surface area contributed by atoms with Crippen LogP contribution in [-0.4, -0.2) is 11.9 Å². The second kappa shape index (κ2) is 5.40. The van der Waals surface area contributed by atoms with Gasteiger partial charge in [0.2, 0.25) is 0 Å². The average molecular weight is 272 g/mol. The van der Waals surface area contributed by atoms with E-state index in [9.17, 15) is 4.79 Å². The molecule has 4 heteroatoms. The fraction of sp³-hybridized carbons (Fsp3) is 0.615. The first-order valence-corrected chi connectivity index (χ1v) is 7.33. The summed E-state index contributed by atoms with van der Waals surface area (Å²) in [6.07, 6.45) is 3.58. The normalized spacial score (nSPS) is 29.0. The largest absolute Gasteiger partial charge is 0.348 e. The van der Waals surface area contributed by atoms with Crippen LogP contribution in [-0.2, 0) is 0 Å². The zero-order chi connectivity index (χ0) is 12.4. The van der Waals surface area contributed by atoms with Crippen molar-refractivity contribution in [2.75, 3.05) is 0 Å². The summed E-state index contributed by atoms with van der Waals surface area (Å²) >= 11 is 7.18. The van der Waals surface area contributed by atoms with E-state index >= 15 is 0 Å². The number of rotatable bonds is 2. The number of thiophene rings is 1. The van der Waals surface area contributed by atoms with Crippen molar-refractivity contribution >= 4 is 28.8 Å². The molecule has 0 bridgehead atoms. The summed E-state index contributed by atoms with van der Waals surface area (Å²) < 4.78 is 0.667. The lowest BCUT2D eigenvalue weighted by molar-refractivity contribution is 0.0895. The van der Waals surface area contributed by atoms with Crippen LogP contribution in [0.25, 0.3) is 0 Å². The highest BCUT2D eigenvalue weighted by Gasteiger charge is 2.28. The Bertz CT molecular complexity index is 404. The molecule has 1 N–H and O–H groups in total. The van der Waals surface area contributed by atoms with Crippen molar-refractivity contribution in [2.24, 2.45) is 11.8 Å². The zero-order valence-electron chi connectivity index (χ0n) is 10.2. The summed E-state index contributed by atoms with van der Waals surface area (Å²) in [6.45, 7) is 4.50. The molecule has 0 aromatic carbocycles. The Morgan fingerprint density at radius 2 is 2.18 bits per heavy atom. The molecular formula is C13H18ClNOS. The Balaban J connectivity index is 1.98. The maximum absolute atomic E-state index is 12.0. The molecule has 3 unspecified atom stereocenters. The fourth-order valence-corrected chi connectivity index (χ4v) is 3.41. The van der Waals surface area contributed by atoms with Gasteiger partial charge in [0.25, 0.3) is 5.91 Å². The highest BCUT2D eigenvalue weighted by Crippen LogP contribution is 2.30. The lowest BCUT2D eigenvalue weighted by Gasteiger charge is -2.34. The molecule has 3 atom stereocenters. The molecule has 2 rings (SSSR count). The second-order valence-electron chi connectivity index (χ2n) is 4.95. The highest BCUT2D eigenvalue weighted by atomic mass is 35.5. The molecule has 1 amide bonds. The monoisotopic (exact) mass is 271 g/mol. The third-order valence-electron chi connectivity index (χ3n) is 3.82. The minimum Gasteiger partial charge on any atom is -0.348 e. The predicted molar refractivity (Wildman–Crippen MR) is 72.8 cm³/mol. The Morgan fingerprint density at radius 1 is 1.41 bits per heavy atom. The minimum atomic E-state index is 0.0212. The molecule has 1 heterocycles. The van der Waals surface area contributed by atoms with Crippen molar-refractivity contribution in [1.82, 2.24) is 5.32 Å². The van der Waals surface area contributed by atoms with Gasteiger partial charge in [-0.2, -0.15) is 0 Å². The van der Waals surface area contributed by atoms with Crippen LogP contribution in [0.5, 0.6) is 0 Å². The van der Waals surface area contributed by atoms with E-state index in [0.29, 0.717) is 27.1 Å². The lowest BCUT2D eigenvalue weighted by Crippen LogP contribution is -2.43. The summed E-state index contributed by atoms with van der Waals surface area (Å²) in [5.41, 5.74) is 0. The molecule has 0 radical (unpaired) electrons. The molecule has 1 aromatic heterocycles. The van der Waals surface area contributed by atoms with Gasteiger partial charge in [-0.15, -0.1) is 11.3 Å². The molecule has 0 aliphatic heterocycles. The Kier molecular flexibility index (Phi) is 4.10. The average Bonchev–Trinajstić information content (AvgIpc) is 2.72. The molecule has 0 spiro atoms. The fourth-order valence-electron chi connectivity index (χ4n) is 2.46. The van der Waals surface area contributed by atoms with Crippen LogP contribution in [0.4, 0.5) is 0 Å². The van der Waals surface area contributed by atoms with Crippen molar-refractivity contribution in [3.05, 3.63) is 21.3 Å². The van der Waals surface area contributed by atoms with Crippen LogP contribution < -0.4 is 5.32 Å². The van der Waals surface area contributed by atoms with Crippen LogP contribution in [0.15, 0.2) is 12.1 Å². The van der Waals surface area contributed by atoms with Crippen molar-refractivity contribution < 1.29 is 4.79 Å². The van der Waals surface area contributed by atoms with Crippen LogP contribution in [0.1, 0.15) is 42.8 Å². The molecular weight excluding hydrogens is 254 g/mol. The number of hydrogen-bond acceptors (Lipinski definition) is 2. The van der Waals surface area contributed by atoms with E-state index in [4.69, 9.17) is 11.6 Å². The van der Waals surface area contributed by atoms with Gasteiger partial charge < -0.3 is 5.32 Å². The SMILES string of the molecule is CC1CCCC(NC(=O)c2ccc(Cl)s2)C1C. The molecule has 2 nitrogen and oxygen atoms in total. The summed E-state index contributed by atoms with van der Waals surface area (Å²) in [5, 5.41) is 3.14. The molecule has 17 heavy (non-hydrogen) atoms. The number of halogens is 1. The van der Waals surface area contributed by atoms with E-state index in [1.165, 1.54) is 24.2 Å². The van der Waals surface area contributed by atoms with Gasteiger partial charge in [-0.05, 0) is 30.4 Å². The summed E-state index contributed by atoms with van der Waals surface area (Å²) in [7, 11) is 0. The van der Waals surface area contributed by atoms with E-state index in [0.717, 1.165) is 6.42 Å². The quantitative estimate of drug-likeness (QED) is 0.867. The number of carbonyl (C=O) groups is 1. The first-order valence-electron chi connectivity index (χ1n) is 6.14. The van der Waals surface area contributed by atoms with Crippen molar-refractivity contribution in [1.29, 1.82) is 0 Å². The maximum atomic E-state index is 12.0. The molecule has 94 valence electrons. The first kappa shape index (κ1) is 12.9. The van der Waals surface area contributed by atoms with Crippen molar-refractivity contribution in [2.45, 2.75) is 39.2 Å². The van der Waals surface area contributed by atoms with Gasteiger partial charge in [-0.25, -0.2) is 0 Å². The van der Waals surface area contributed by atoms with E-state index in [1.54, 1.807) is 12.1 Å². The van der Waals surface area contributed by atoms with E-state index in [2.05, 4.69) is 19.2 Å². The van der Waals surface area contributed by atoms with Gasteiger partial charge in [-0.3, -0.25) is 4.79 Å². The summed E-state index contributed by atoms with van der Waals surface area (Å²) in [6, 6.07) is 3.87. The summed E-state index contributed by atoms with van der Waals surface area (Å²) in [5.74, 6) is 1.27.